The monoisotopic (exact) mass is 274 g/mol. The molecular weight excluding hydrogens is 255 g/mol. The predicted molar refractivity (Wildman–Crippen MR) is 77.3 cm³/mol. The van der Waals surface area contributed by atoms with Crippen LogP contribution in [-0.4, -0.2) is 19.1 Å². The number of pyridine rings is 1. The number of ether oxygens (including phenoxy) is 1. The van der Waals surface area contributed by atoms with Crippen molar-refractivity contribution in [3.05, 3.63) is 59.7 Å². The Morgan fingerprint density at radius 2 is 2.00 bits per heavy atom. The minimum Gasteiger partial charge on any atom is -0.494 e. The number of benzene rings is 1. The van der Waals surface area contributed by atoms with Crippen molar-refractivity contribution in [3.8, 4) is 5.75 Å². The molecule has 2 aromatic rings. The summed E-state index contributed by atoms with van der Waals surface area (Å²) in [6, 6.07) is 9.22. The zero-order valence-corrected chi connectivity index (χ0v) is 11.8. The number of aryl methyl sites for hydroxylation is 1. The number of nitrogens with one attached hydrogen (secondary N) is 1. The molecule has 0 aliphatic heterocycles. The van der Waals surface area contributed by atoms with Crippen LogP contribution in [0.4, 0.5) is 4.39 Å². The first-order valence-corrected chi connectivity index (χ1v) is 6.64. The maximum Gasteiger partial charge on any atom is 0.165 e. The lowest BCUT2D eigenvalue weighted by molar-refractivity contribution is 0.385. The summed E-state index contributed by atoms with van der Waals surface area (Å²) in [6.45, 7) is 0. The first-order chi connectivity index (χ1) is 9.74. The van der Waals surface area contributed by atoms with E-state index in [0.29, 0.717) is 0 Å². The highest BCUT2D eigenvalue weighted by Crippen LogP contribution is 2.24. The van der Waals surface area contributed by atoms with Gasteiger partial charge < -0.3 is 10.1 Å². The summed E-state index contributed by atoms with van der Waals surface area (Å²) in [5, 5.41) is 3.23. The summed E-state index contributed by atoms with van der Waals surface area (Å²) in [5.74, 6) is -0.0492. The van der Waals surface area contributed by atoms with Crippen LogP contribution in [0, 0.1) is 5.82 Å². The molecule has 1 heterocycles. The Hall–Kier alpha value is -1.94. The quantitative estimate of drug-likeness (QED) is 0.878. The van der Waals surface area contributed by atoms with Crippen molar-refractivity contribution in [3.63, 3.8) is 0 Å². The van der Waals surface area contributed by atoms with Gasteiger partial charge in [0.25, 0.3) is 0 Å². The molecule has 106 valence electrons. The lowest BCUT2D eigenvalue weighted by Gasteiger charge is -2.17. The van der Waals surface area contributed by atoms with Gasteiger partial charge >= 0.3 is 0 Å². The van der Waals surface area contributed by atoms with Crippen LogP contribution in [0.25, 0.3) is 0 Å². The number of methoxy groups -OCH3 is 1. The minimum atomic E-state index is -0.325. The van der Waals surface area contributed by atoms with E-state index in [1.807, 2.05) is 25.2 Å². The Labute approximate surface area is 118 Å². The van der Waals surface area contributed by atoms with Crippen LogP contribution < -0.4 is 10.1 Å². The molecule has 1 N–H and O–H groups in total. The molecule has 2 rings (SSSR count). The molecule has 1 aromatic heterocycles. The van der Waals surface area contributed by atoms with E-state index >= 15 is 0 Å². The molecule has 0 radical (unpaired) electrons. The average Bonchev–Trinajstić information content (AvgIpc) is 2.49. The molecule has 0 amide bonds. The molecule has 1 aromatic carbocycles. The number of rotatable bonds is 6. The highest BCUT2D eigenvalue weighted by molar-refractivity contribution is 5.31. The van der Waals surface area contributed by atoms with Crippen molar-refractivity contribution in [1.29, 1.82) is 0 Å². The maximum atomic E-state index is 13.7. The van der Waals surface area contributed by atoms with E-state index < -0.39 is 0 Å². The number of nitrogens with zero attached hydrogens (tertiary/aromatic N) is 1. The molecule has 0 aliphatic carbocycles. The molecule has 0 saturated carbocycles. The van der Waals surface area contributed by atoms with Crippen LogP contribution in [-0.2, 0) is 6.42 Å². The third kappa shape index (κ3) is 3.54. The van der Waals surface area contributed by atoms with Gasteiger partial charge in [0.1, 0.15) is 0 Å². The molecule has 0 spiro atoms. The molecule has 0 aliphatic rings. The number of hydrogen-bond acceptors (Lipinski definition) is 3. The van der Waals surface area contributed by atoms with Gasteiger partial charge in [0.2, 0.25) is 0 Å². The van der Waals surface area contributed by atoms with Crippen molar-refractivity contribution in [1.82, 2.24) is 10.3 Å². The second-order valence-corrected chi connectivity index (χ2v) is 4.63. The molecule has 3 nitrogen and oxygen atoms in total. The fourth-order valence-electron chi connectivity index (χ4n) is 2.24. The zero-order chi connectivity index (χ0) is 14.4. The highest BCUT2D eigenvalue weighted by atomic mass is 19.1. The van der Waals surface area contributed by atoms with Crippen LogP contribution in [0.5, 0.6) is 5.75 Å². The number of aromatic nitrogens is 1. The summed E-state index contributed by atoms with van der Waals surface area (Å²) in [6.07, 6.45) is 5.39. The van der Waals surface area contributed by atoms with Crippen molar-refractivity contribution in [2.45, 2.75) is 18.9 Å². The van der Waals surface area contributed by atoms with Gasteiger partial charge in [0.05, 0.1) is 7.11 Å². The normalized spacial score (nSPS) is 12.2. The summed E-state index contributed by atoms with van der Waals surface area (Å²) in [7, 11) is 3.36. The van der Waals surface area contributed by atoms with E-state index in [1.165, 1.54) is 18.7 Å². The lowest BCUT2D eigenvalue weighted by atomic mass is 9.99. The van der Waals surface area contributed by atoms with E-state index in [1.54, 1.807) is 18.5 Å². The number of halogens is 1. The SMILES string of the molecule is CNC(CCc1ccncc1)c1ccc(OC)c(F)c1. The van der Waals surface area contributed by atoms with E-state index in [0.717, 1.165) is 18.4 Å². The molecule has 20 heavy (non-hydrogen) atoms. The largest absolute Gasteiger partial charge is 0.494 e. The van der Waals surface area contributed by atoms with E-state index in [-0.39, 0.29) is 17.6 Å². The standard InChI is InChI=1S/C16H19FN2O/c1-18-15(5-3-12-7-9-19-10-8-12)13-4-6-16(20-2)14(17)11-13/h4,6-11,15,18H,3,5H2,1-2H3. The second-order valence-electron chi connectivity index (χ2n) is 4.63. The Kier molecular flexibility index (Phi) is 5.07. The topological polar surface area (TPSA) is 34.2 Å². The predicted octanol–water partition coefficient (Wildman–Crippen LogP) is 3.12. The average molecular weight is 274 g/mol. The third-order valence-electron chi connectivity index (χ3n) is 3.40. The van der Waals surface area contributed by atoms with Crippen LogP contribution >= 0.6 is 0 Å². The summed E-state index contributed by atoms with van der Waals surface area (Å²) in [4.78, 5) is 4.00. The third-order valence-corrected chi connectivity index (χ3v) is 3.40. The molecular formula is C16H19FN2O. The van der Waals surface area contributed by atoms with Crippen LogP contribution in [0.15, 0.2) is 42.7 Å². The highest BCUT2D eigenvalue weighted by Gasteiger charge is 2.12. The summed E-state index contributed by atoms with van der Waals surface area (Å²) >= 11 is 0. The smallest absolute Gasteiger partial charge is 0.165 e. The molecule has 0 fully saturated rings. The van der Waals surface area contributed by atoms with Gasteiger partial charge in [-0.1, -0.05) is 6.07 Å². The van der Waals surface area contributed by atoms with Gasteiger partial charge in [-0.2, -0.15) is 0 Å². The maximum absolute atomic E-state index is 13.7. The molecule has 0 bridgehead atoms. The van der Waals surface area contributed by atoms with Crippen LogP contribution in [0.1, 0.15) is 23.6 Å². The lowest BCUT2D eigenvalue weighted by Crippen LogP contribution is -2.17. The van der Waals surface area contributed by atoms with Crippen LogP contribution in [0.3, 0.4) is 0 Å². The Morgan fingerprint density at radius 1 is 1.25 bits per heavy atom. The van der Waals surface area contributed by atoms with Crippen LogP contribution in [0.2, 0.25) is 0 Å². The van der Waals surface area contributed by atoms with Gasteiger partial charge in [0.15, 0.2) is 11.6 Å². The van der Waals surface area contributed by atoms with E-state index in [2.05, 4.69) is 10.3 Å². The fourth-order valence-corrected chi connectivity index (χ4v) is 2.24. The molecule has 4 heteroatoms. The zero-order valence-electron chi connectivity index (χ0n) is 11.8. The Balaban J connectivity index is 2.06. The van der Waals surface area contributed by atoms with E-state index in [9.17, 15) is 4.39 Å². The van der Waals surface area contributed by atoms with Gasteiger partial charge in [0, 0.05) is 18.4 Å². The van der Waals surface area contributed by atoms with Gasteiger partial charge in [-0.3, -0.25) is 4.98 Å². The molecule has 1 atom stereocenters. The van der Waals surface area contributed by atoms with Crippen molar-refractivity contribution in [2.24, 2.45) is 0 Å². The van der Waals surface area contributed by atoms with Gasteiger partial charge in [-0.05, 0) is 55.3 Å². The summed E-state index contributed by atoms with van der Waals surface area (Å²) < 4.78 is 18.7. The fraction of sp³-hybridized carbons (Fsp3) is 0.312. The minimum absolute atomic E-state index is 0.114. The van der Waals surface area contributed by atoms with Gasteiger partial charge in [-0.15, -0.1) is 0 Å². The van der Waals surface area contributed by atoms with Crippen molar-refractivity contribution < 1.29 is 9.13 Å². The first-order valence-electron chi connectivity index (χ1n) is 6.64. The van der Waals surface area contributed by atoms with Crippen molar-refractivity contribution in [2.75, 3.05) is 14.2 Å². The second kappa shape index (κ2) is 7.01. The first kappa shape index (κ1) is 14.5. The number of hydrogen-bond donors (Lipinski definition) is 1. The molecule has 0 saturated heterocycles. The Bertz CT molecular complexity index is 545. The molecule has 1 unspecified atom stereocenters. The van der Waals surface area contributed by atoms with Crippen molar-refractivity contribution >= 4 is 0 Å². The Morgan fingerprint density at radius 3 is 2.60 bits per heavy atom. The van der Waals surface area contributed by atoms with E-state index in [4.69, 9.17) is 4.74 Å². The summed E-state index contributed by atoms with van der Waals surface area (Å²) in [5.41, 5.74) is 2.16. The van der Waals surface area contributed by atoms with Gasteiger partial charge in [-0.25, -0.2) is 4.39 Å².